The predicted molar refractivity (Wildman–Crippen MR) is 94.3 cm³/mol. The van der Waals surface area contributed by atoms with Crippen LogP contribution in [0.4, 0.5) is 0 Å². The number of ether oxygens (including phenoxy) is 1. The topological polar surface area (TPSA) is 75.6 Å². The highest BCUT2D eigenvalue weighted by atomic mass is 16.5. The molecule has 7 heteroatoms. The molecule has 26 heavy (non-hydrogen) atoms. The van der Waals surface area contributed by atoms with E-state index in [0.717, 1.165) is 51.7 Å². The van der Waals surface area contributed by atoms with Crippen molar-refractivity contribution in [1.82, 2.24) is 19.8 Å². The molecular formula is C19H26N4O3. The van der Waals surface area contributed by atoms with Crippen LogP contribution in [0, 0.1) is 11.3 Å². The minimum absolute atomic E-state index is 0.0386. The Morgan fingerprint density at radius 2 is 1.88 bits per heavy atom. The maximum atomic E-state index is 12.8. The fourth-order valence-corrected chi connectivity index (χ4v) is 4.61. The smallest absolute Gasteiger partial charge is 0.274 e. The van der Waals surface area contributed by atoms with Crippen molar-refractivity contribution in [2.75, 3.05) is 39.4 Å². The Hall–Kier alpha value is -2.02. The molecule has 1 spiro atoms. The number of rotatable bonds is 2. The molecule has 4 rings (SSSR count). The van der Waals surface area contributed by atoms with Gasteiger partial charge in [-0.3, -0.25) is 14.6 Å². The van der Waals surface area contributed by atoms with Gasteiger partial charge in [-0.1, -0.05) is 0 Å². The van der Waals surface area contributed by atoms with Gasteiger partial charge in [0.25, 0.3) is 5.91 Å². The molecule has 1 aromatic heterocycles. The summed E-state index contributed by atoms with van der Waals surface area (Å²) in [6.07, 6.45) is 9.35. The van der Waals surface area contributed by atoms with Crippen molar-refractivity contribution >= 4 is 11.8 Å². The number of aromatic nitrogens is 2. The summed E-state index contributed by atoms with van der Waals surface area (Å²) in [4.78, 5) is 37.6. The van der Waals surface area contributed by atoms with Crippen LogP contribution in [0.25, 0.3) is 0 Å². The Morgan fingerprint density at radius 3 is 2.65 bits per heavy atom. The van der Waals surface area contributed by atoms with Crippen molar-refractivity contribution in [3.8, 4) is 0 Å². The van der Waals surface area contributed by atoms with Gasteiger partial charge in [-0.25, -0.2) is 4.98 Å². The van der Waals surface area contributed by atoms with E-state index in [-0.39, 0.29) is 23.1 Å². The van der Waals surface area contributed by atoms with E-state index in [1.807, 2.05) is 9.80 Å². The van der Waals surface area contributed by atoms with Crippen LogP contribution in [-0.4, -0.2) is 71.0 Å². The van der Waals surface area contributed by atoms with Gasteiger partial charge in [0, 0.05) is 63.1 Å². The predicted octanol–water partition coefficient (Wildman–Crippen LogP) is 1.36. The van der Waals surface area contributed by atoms with Crippen molar-refractivity contribution in [1.29, 1.82) is 0 Å². The van der Waals surface area contributed by atoms with E-state index < -0.39 is 0 Å². The average Bonchev–Trinajstić information content (AvgIpc) is 3.11. The Morgan fingerprint density at radius 1 is 1.08 bits per heavy atom. The van der Waals surface area contributed by atoms with Crippen molar-refractivity contribution < 1.29 is 14.3 Å². The summed E-state index contributed by atoms with van der Waals surface area (Å²) >= 11 is 0. The molecule has 2 amide bonds. The third-order valence-electron chi connectivity index (χ3n) is 6.05. The zero-order valence-corrected chi connectivity index (χ0v) is 15.1. The standard InChI is InChI=1S/C19H26N4O3/c24-17(15-2-10-26-11-3-15)23-9-5-19(14-23)4-1-8-22(13-19)18(25)16-12-20-6-7-21-16/h6-7,12,15H,1-5,8-11,13-14H2. The van der Waals surface area contributed by atoms with Crippen molar-refractivity contribution in [2.45, 2.75) is 32.1 Å². The van der Waals surface area contributed by atoms with Gasteiger partial charge in [0.15, 0.2) is 0 Å². The fraction of sp³-hybridized carbons (Fsp3) is 0.684. The summed E-state index contributed by atoms with van der Waals surface area (Å²) in [6, 6.07) is 0. The maximum Gasteiger partial charge on any atom is 0.274 e. The largest absolute Gasteiger partial charge is 0.381 e. The van der Waals surface area contributed by atoms with Crippen LogP contribution in [0.3, 0.4) is 0 Å². The number of carbonyl (C=O) groups is 2. The van der Waals surface area contributed by atoms with Crippen molar-refractivity contribution in [3.63, 3.8) is 0 Å². The molecule has 0 aliphatic carbocycles. The SMILES string of the molecule is O=C(c1cnccn1)N1CCCC2(CCN(C(=O)C3CCOCC3)C2)C1. The second-order valence-corrected chi connectivity index (χ2v) is 7.82. The van der Waals surface area contributed by atoms with Gasteiger partial charge < -0.3 is 14.5 Å². The third-order valence-corrected chi connectivity index (χ3v) is 6.05. The maximum absolute atomic E-state index is 12.8. The molecule has 0 aromatic carbocycles. The van der Waals surface area contributed by atoms with Crippen LogP contribution >= 0.6 is 0 Å². The molecule has 3 aliphatic heterocycles. The lowest BCUT2D eigenvalue weighted by Gasteiger charge is -2.40. The zero-order chi connectivity index (χ0) is 18.0. The number of hydrogen-bond donors (Lipinski definition) is 0. The van der Waals surface area contributed by atoms with Crippen LogP contribution < -0.4 is 0 Å². The molecule has 1 aromatic rings. The molecule has 0 saturated carbocycles. The first-order valence-corrected chi connectivity index (χ1v) is 9.59. The Balaban J connectivity index is 1.41. The van der Waals surface area contributed by atoms with E-state index in [9.17, 15) is 9.59 Å². The number of amides is 2. The van der Waals surface area contributed by atoms with Gasteiger partial charge in [-0.2, -0.15) is 0 Å². The molecule has 1 atom stereocenters. The molecule has 4 heterocycles. The van der Waals surface area contributed by atoms with E-state index in [1.54, 1.807) is 12.4 Å². The normalized spacial score (nSPS) is 27.1. The summed E-state index contributed by atoms with van der Waals surface area (Å²) in [7, 11) is 0. The van der Waals surface area contributed by atoms with Crippen LogP contribution in [-0.2, 0) is 9.53 Å². The van der Waals surface area contributed by atoms with Gasteiger partial charge in [0.05, 0.1) is 6.20 Å². The third kappa shape index (κ3) is 3.45. The number of piperidine rings is 1. The molecule has 3 fully saturated rings. The number of hydrogen-bond acceptors (Lipinski definition) is 5. The first kappa shape index (κ1) is 17.4. The second-order valence-electron chi connectivity index (χ2n) is 7.82. The average molecular weight is 358 g/mol. The Bertz CT molecular complexity index is 662. The summed E-state index contributed by atoms with van der Waals surface area (Å²) in [6.45, 7) is 4.42. The fourth-order valence-electron chi connectivity index (χ4n) is 4.61. The lowest BCUT2D eigenvalue weighted by atomic mass is 9.79. The minimum Gasteiger partial charge on any atom is -0.381 e. The highest BCUT2D eigenvalue weighted by Crippen LogP contribution is 2.40. The summed E-state index contributed by atoms with van der Waals surface area (Å²) in [5.74, 6) is 0.341. The first-order chi connectivity index (χ1) is 12.7. The summed E-state index contributed by atoms with van der Waals surface area (Å²) in [5, 5.41) is 0. The molecule has 0 radical (unpaired) electrons. The lowest BCUT2D eigenvalue weighted by Crippen LogP contribution is -2.48. The second kappa shape index (κ2) is 7.31. The summed E-state index contributed by atoms with van der Waals surface area (Å²) in [5.41, 5.74) is 0.439. The van der Waals surface area contributed by atoms with Gasteiger partial charge in [0.1, 0.15) is 5.69 Å². The van der Waals surface area contributed by atoms with Crippen LogP contribution in [0.15, 0.2) is 18.6 Å². The van der Waals surface area contributed by atoms with Gasteiger partial charge in [-0.05, 0) is 32.1 Å². The van der Waals surface area contributed by atoms with Crippen LogP contribution in [0.2, 0.25) is 0 Å². The minimum atomic E-state index is -0.0496. The zero-order valence-electron chi connectivity index (χ0n) is 15.1. The molecule has 3 aliphatic rings. The quantitative estimate of drug-likeness (QED) is 0.798. The summed E-state index contributed by atoms with van der Waals surface area (Å²) < 4.78 is 5.38. The van der Waals surface area contributed by atoms with Crippen molar-refractivity contribution in [2.24, 2.45) is 11.3 Å². The Labute approximate surface area is 153 Å². The van der Waals surface area contributed by atoms with E-state index in [1.165, 1.54) is 6.20 Å². The molecule has 7 nitrogen and oxygen atoms in total. The van der Waals surface area contributed by atoms with E-state index in [4.69, 9.17) is 4.74 Å². The lowest BCUT2D eigenvalue weighted by molar-refractivity contribution is -0.138. The highest BCUT2D eigenvalue weighted by molar-refractivity contribution is 5.92. The first-order valence-electron chi connectivity index (χ1n) is 9.59. The molecule has 3 saturated heterocycles. The Kier molecular flexibility index (Phi) is 4.89. The molecule has 1 unspecified atom stereocenters. The van der Waals surface area contributed by atoms with Gasteiger partial charge >= 0.3 is 0 Å². The monoisotopic (exact) mass is 358 g/mol. The number of likely N-dealkylation sites (tertiary alicyclic amines) is 2. The molecule has 0 bridgehead atoms. The molecular weight excluding hydrogens is 332 g/mol. The molecule has 0 N–H and O–H groups in total. The van der Waals surface area contributed by atoms with Gasteiger partial charge in [0.2, 0.25) is 5.91 Å². The number of carbonyl (C=O) groups excluding carboxylic acids is 2. The van der Waals surface area contributed by atoms with Crippen LogP contribution in [0.5, 0.6) is 0 Å². The molecule has 140 valence electrons. The van der Waals surface area contributed by atoms with Gasteiger partial charge in [-0.15, -0.1) is 0 Å². The van der Waals surface area contributed by atoms with E-state index >= 15 is 0 Å². The van der Waals surface area contributed by atoms with E-state index in [0.29, 0.717) is 25.5 Å². The van der Waals surface area contributed by atoms with Crippen molar-refractivity contribution in [3.05, 3.63) is 24.3 Å². The van der Waals surface area contributed by atoms with Crippen LogP contribution in [0.1, 0.15) is 42.6 Å². The number of nitrogens with zero attached hydrogens (tertiary/aromatic N) is 4. The van der Waals surface area contributed by atoms with E-state index in [2.05, 4.69) is 9.97 Å². The highest BCUT2D eigenvalue weighted by Gasteiger charge is 2.45.